The molecule has 5 nitrogen and oxygen atoms in total. The Kier molecular flexibility index (Phi) is 3.43. The van der Waals surface area contributed by atoms with E-state index in [2.05, 4.69) is 10.3 Å². The number of hydroxylamine groups is 2. The van der Waals surface area contributed by atoms with Crippen LogP contribution in [-0.2, 0) is 4.84 Å². The molecule has 0 spiro atoms. The highest BCUT2D eigenvalue weighted by atomic mass is 32.1. The molecule has 1 aromatic heterocycles. The van der Waals surface area contributed by atoms with Crippen LogP contribution in [0.5, 0.6) is 0 Å². The Morgan fingerprint density at radius 3 is 3.00 bits per heavy atom. The first-order valence-electron chi connectivity index (χ1n) is 6.02. The number of rotatable bonds is 3. The molecule has 0 saturated carbocycles. The number of thiazole rings is 1. The molecule has 19 heavy (non-hydrogen) atoms. The van der Waals surface area contributed by atoms with Crippen molar-refractivity contribution in [3.63, 3.8) is 0 Å². The lowest BCUT2D eigenvalue weighted by Gasteiger charge is -2.16. The van der Waals surface area contributed by atoms with Crippen LogP contribution in [-0.4, -0.2) is 28.7 Å². The van der Waals surface area contributed by atoms with Gasteiger partial charge in [-0.3, -0.25) is 4.79 Å². The molecule has 1 aliphatic heterocycles. The van der Waals surface area contributed by atoms with E-state index in [1.807, 2.05) is 23.6 Å². The SMILES string of the molecule is O=C(c1ccccc1)N1CCC(Nc2nccs2)O1. The predicted octanol–water partition coefficient (Wildman–Crippen LogP) is 2.36. The zero-order valence-corrected chi connectivity index (χ0v) is 11.0. The second kappa shape index (κ2) is 5.38. The molecule has 1 saturated heterocycles. The van der Waals surface area contributed by atoms with Crippen LogP contribution in [0.15, 0.2) is 41.9 Å². The minimum atomic E-state index is -0.196. The number of nitrogens with one attached hydrogen (secondary N) is 1. The van der Waals surface area contributed by atoms with Crippen LogP contribution in [0.4, 0.5) is 5.13 Å². The molecule has 1 aromatic carbocycles. The van der Waals surface area contributed by atoms with E-state index >= 15 is 0 Å². The van der Waals surface area contributed by atoms with Crippen LogP contribution in [0.25, 0.3) is 0 Å². The lowest BCUT2D eigenvalue weighted by molar-refractivity contribution is -0.104. The summed E-state index contributed by atoms with van der Waals surface area (Å²) in [5.74, 6) is -0.107. The van der Waals surface area contributed by atoms with Crippen LogP contribution in [0.2, 0.25) is 0 Å². The Bertz CT molecular complexity index is 544. The molecule has 0 aliphatic carbocycles. The first kappa shape index (κ1) is 12.1. The molecule has 0 bridgehead atoms. The quantitative estimate of drug-likeness (QED) is 0.934. The lowest BCUT2D eigenvalue weighted by atomic mass is 10.2. The van der Waals surface area contributed by atoms with Gasteiger partial charge in [0.05, 0.1) is 6.54 Å². The van der Waals surface area contributed by atoms with Gasteiger partial charge in [0.2, 0.25) is 0 Å². The van der Waals surface area contributed by atoms with Crippen molar-refractivity contribution >= 4 is 22.4 Å². The summed E-state index contributed by atoms with van der Waals surface area (Å²) >= 11 is 1.51. The van der Waals surface area contributed by atoms with Gasteiger partial charge in [-0.2, -0.15) is 0 Å². The van der Waals surface area contributed by atoms with Gasteiger partial charge in [0, 0.05) is 23.6 Å². The van der Waals surface area contributed by atoms with Crippen molar-refractivity contribution in [3.05, 3.63) is 47.5 Å². The van der Waals surface area contributed by atoms with Gasteiger partial charge in [-0.25, -0.2) is 14.9 Å². The summed E-state index contributed by atoms with van der Waals surface area (Å²) in [5, 5.41) is 7.25. The average Bonchev–Trinajstić information content (AvgIpc) is 3.11. The van der Waals surface area contributed by atoms with Gasteiger partial charge in [-0.05, 0) is 12.1 Å². The first-order chi connectivity index (χ1) is 9.33. The Hall–Kier alpha value is -1.92. The average molecular weight is 275 g/mol. The van der Waals surface area contributed by atoms with E-state index in [9.17, 15) is 4.79 Å². The molecule has 2 heterocycles. The summed E-state index contributed by atoms with van der Waals surface area (Å²) in [7, 11) is 0. The fraction of sp³-hybridized carbons (Fsp3) is 0.231. The van der Waals surface area contributed by atoms with Crippen molar-refractivity contribution in [2.75, 3.05) is 11.9 Å². The van der Waals surface area contributed by atoms with Crippen molar-refractivity contribution < 1.29 is 9.63 Å². The third kappa shape index (κ3) is 2.74. The van der Waals surface area contributed by atoms with Crippen molar-refractivity contribution in [1.82, 2.24) is 10.0 Å². The summed E-state index contributed by atoms with van der Waals surface area (Å²) < 4.78 is 0. The van der Waals surface area contributed by atoms with Gasteiger partial charge >= 0.3 is 0 Å². The first-order valence-corrected chi connectivity index (χ1v) is 6.90. The molecule has 0 radical (unpaired) electrons. The van der Waals surface area contributed by atoms with E-state index < -0.39 is 0 Å². The number of anilines is 1. The minimum absolute atomic E-state index is 0.107. The van der Waals surface area contributed by atoms with E-state index in [4.69, 9.17) is 4.84 Å². The highest BCUT2D eigenvalue weighted by Crippen LogP contribution is 2.20. The van der Waals surface area contributed by atoms with Crippen molar-refractivity contribution in [2.24, 2.45) is 0 Å². The van der Waals surface area contributed by atoms with E-state index in [-0.39, 0.29) is 12.1 Å². The van der Waals surface area contributed by atoms with Gasteiger partial charge in [0.15, 0.2) is 11.4 Å². The summed E-state index contributed by atoms with van der Waals surface area (Å²) in [4.78, 5) is 21.9. The number of nitrogens with zero attached hydrogens (tertiary/aromatic N) is 2. The topological polar surface area (TPSA) is 54.5 Å². The Morgan fingerprint density at radius 2 is 2.26 bits per heavy atom. The standard InChI is InChI=1S/C13H13N3O2S/c17-12(10-4-2-1-3-5-10)16-8-6-11(18-16)15-13-14-7-9-19-13/h1-5,7,9,11H,6,8H2,(H,14,15). The van der Waals surface area contributed by atoms with Gasteiger partial charge in [0.25, 0.3) is 5.91 Å². The minimum Gasteiger partial charge on any atom is -0.334 e. The molecule has 1 atom stereocenters. The number of carbonyl (C=O) groups excluding carboxylic acids is 1. The third-order valence-electron chi connectivity index (χ3n) is 2.81. The molecule has 1 N–H and O–H groups in total. The molecule has 1 amide bonds. The number of benzene rings is 1. The zero-order valence-electron chi connectivity index (χ0n) is 10.2. The Morgan fingerprint density at radius 1 is 1.42 bits per heavy atom. The normalized spacial score (nSPS) is 18.5. The highest BCUT2D eigenvalue weighted by Gasteiger charge is 2.28. The van der Waals surface area contributed by atoms with E-state index in [1.165, 1.54) is 16.4 Å². The molecular formula is C13H13N3O2S. The molecule has 2 aromatic rings. The summed E-state index contributed by atoms with van der Waals surface area (Å²) in [6.45, 7) is 0.580. The molecular weight excluding hydrogens is 262 g/mol. The number of hydrogen-bond acceptors (Lipinski definition) is 5. The maximum Gasteiger partial charge on any atom is 0.277 e. The second-order valence-corrected chi connectivity index (χ2v) is 5.03. The van der Waals surface area contributed by atoms with Gasteiger partial charge in [-0.1, -0.05) is 18.2 Å². The number of hydrogen-bond donors (Lipinski definition) is 1. The fourth-order valence-corrected chi connectivity index (χ4v) is 2.47. The van der Waals surface area contributed by atoms with Gasteiger partial charge < -0.3 is 5.32 Å². The maximum absolute atomic E-state index is 12.2. The van der Waals surface area contributed by atoms with Crippen LogP contribution < -0.4 is 5.32 Å². The predicted molar refractivity (Wildman–Crippen MR) is 72.7 cm³/mol. The van der Waals surface area contributed by atoms with Crippen LogP contribution >= 0.6 is 11.3 Å². The van der Waals surface area contributed by atoms with E-state index in [1.54, 1.807) is 18.3 Å². The third-order valence-corrected chi connectivity index (χ3v) is 3.52. The number of amides is 1. The molecule has 1 aliphatic rings. The molecule has 6 heteroatoms. The van der Waals surface area contributed by atoms with Gasteiger partial charge in [-0.15, -0.1) is 11.3 Å². The van der Waals surface area contributed by atoms with Crippen LogP contribution in [0.3, 0.4) is 0 Å². The number of aromatic nitrogens is 1. The van der Waals surface area contributed by atoms with Crippen LogP contribution in [0, 0.1) is 0 Å². The Labute approximate surface area is 114 Å². The maximum atomic E-state index is 12.2. The molecule has 1 fully saturated rings. The van der Waals surface area contributed by atoms with E-state index in [0.717, 1.165) is 11.6 Å². The number of carbonyl (C=O) groups is 1. The Balaban J connectivity index is 1.61. The van der Waals surface area contributed by atoms with Crippen molar-refractivity contribution in [3.8, 4) is 0 Å². The molecule has 3 rings (SSSR count). The van der Waals surface area contributed by atoms with Crippen molar-refractivity contribution in [1.29, 1.82) is 0 Å². The summed E-state index contributed by atoms with van der Waals surface area (Å²) in [6, 6.07) is 9.14. The highest BCUT2D eigenvalue weighted by molar-refractivity contribution is 7.13. The monoisotopic (exact) mass is 275 g/mol. The lowest BCUT2D eigenvalue weighted by Crippen LogP contribution is -2.29. The largest absolute Gasteiger partial charge is 0.334 e. The molecule has 1 unspecified atom stereocenters. The summed E-state index contributed by atoms with van der Waals surface area (Å²) in [5.41, 5.74) is 0.636. The van der Waals surface area contributed by atoms with Crippen molar-refractivity contribution in [2.45, 2.75) is 12.6 Å². The molecule has 98 valence electrons. The van der Waals surface area contributed by atoms with Gasteiger partial charge in [0.1, 0.15) is 0 Å². The smallest absolute Gasteiger partial charge is 0.277 e. The van der Waals surface area contributed by atoms with E-state index in [0.29, 0.717) is 12.1 Å². The fourth-order valence-electron chi connectivity index (χ4n) is 1.90. The zero-order chi connectivity index (χ0) is 13.1. The summed E-state index contributed by atoms with van der Waals surface area (Å²) in [6.07, 6.45) is 2.28. The van der Waals surface area contributed by atoms with Crippen LogP contribution in [0.1, 0.15) is 16.8 Å². The second-order valence-electron chi connectivity index (χ2n) is 4.14.